The van der Waals surface area contributed by atoms with Gasteiger partial charge in [0.2, 0.25) is 0 Å². The van der Waals surface area contributed by atoms with E-state index in [0.717, 1.165) is 29.3 Å². The van der Waals surface area contributed by atoms with Crippen LogP contribution in [-0.4, -0.2) is 11.1 Å². The van der Waals surface area contributed by atoms with E-state index in [-0.39, 0.29) is 0 Å². The van der Waals surface area contributed by atoms with E-state index in [1.807, 2.05) is 12.1 Å². The molecule has 2 nitrogen and oxygen atoms in total. The number of fused-ring (bicyclic) bond motifs is 5. The highest BCUT2D eigenvalue weighted by molar-refractivity contribution is 9.10. The zero-order chi connectivity index (χ0) is 17.3. The highest BCUT2D eigenvalue weighted by Crippen LogP contribution is 2.53. The number of carbonyl (C=O) groups is 1. The Labute approximate surface area is 162 Å². The van der Waals surface area contributed by atoms with E-state index in [4.69, 9.17) is 0 Å². The second kappa shape index (κ2) is 5.42. The number of hydrogen-bond acceptors (Lipinski definition) is 1. The molecule has 4 heteroatoms. The van der Waals surface area contributed by atoms with E-state index >= 15 is 0 Å². The molecule has 0 fully saturated rings. The fourth-order valence-corrected chi connectivity index (χ4v) is 5.39. The summed E-state index contributed by atoms with van der Waals surface area (Å²) in [6.45, 7) is 0. The van der Waals surface area contributed by atoms with Crippen LogP contribution in [0.5, 0.6) is 0 Å². The zero-order valence-corrected chi connectivity index (χ0v) is 16.4. The number of hydrogen-bond donors (Lipinski definition) is 1. The number of carboxylic acids is 1. The Morgan fingerprint density at radius 2 is 1.96 bits per heavy atom. The molecule has 5 rings (SSSR count). The van der Waals surface area contributed by atoms with Gasteiger partial charge in [0.15, 0.2) is 0 Å². The van der Waals surface area contributed by atoms with Crippen molar-refractivity contribution in [2.75, 3.05) is 0 Å². The summed E-state index contributed by atoms with van der Waals surface area (Å²) in [5.41, 5.74) is 9.85. The van der Waals surface area contributed by atoms with Crippen LogP contribution >= 0.6 is 31.9 Å². The maximum atomic E-state index is 11.4. The molecule has 0 amide bonds. The van der Waals surface area contributed by atoms with E-state index in [9.17, 15) is 9.90 Å². The van der Waals surface area contributed by atoms with Crippen LogP contribution in [0.2, 0.25) is 0 Å². The smallest absolute Gasteiger partial charge is 0.336 e. The average Bonchev–Trinajstić information content (AvgIpc) is 3.09. The van der Waals surface area contributed by atoms with Crippen LogP contribution in [0, 0.1) is 0 Å². The standard InChI is InChI=1S/C21H14Br2O2/c22-14-2-1-10-3-11-5-16-12(6-15(11)17(10)8-14)4-13-7-19(21(24)25)20(23)9-18(13)16/h1-3,7-9,15H,4-6H2,(H,24,25). The summed E-state index contributed by atoms with van der Waals surface area (Å²) in [4.78, 5) is 11.4. The van der Waals surface area contributed by atoms with Crippen molar-refractivity contribution < 1.29 is 9.90 Å². The van der Waals surface area contributed by atoms with Crippen molar-refractivity contribution in [2.24, 2.45) is 0 Å². The van der Waals surface area contributed by atoms with Gasteiger partial charge < -0.3 is 5.11 Å². The van der Waals surface area contributed by atoms with Crippen molar-refractivity contribution in [3.05, 3.63) is 78.2 Å². The Morgan fingerprint density at radius 3 is 2.76 bits per heavy atom. The monoisotopic (exact) mass is 456 g/mol. The predicted octanol–water partition coefficient (Wildman–Crippen LogP) is 6.19. The van der Waals surface area contributed by atoms with Gasteiger partial charge in [0.05, 0.1) is 5.56 Å². The zero-order valence-electron chi connectivity index (χ0n) is 13.3. The van der Waals surface area contributed by atoms with Crippen LogP contribution < -0.4 is 0 Å². The molecule has 25 heavy (non-hydrogen) atoms. The van der Waals surface area contributed by atoms with Gasteiger partial charge in [0.25, 0.3) is 0 Å². The SMILES string of the molecule is O=C(O)c1cc2c(cc1Br)C1=C(C2)CC2C(=Cc3ccc(Br)cc32)C1. The fourth-order valence-electron chi connectivity index (χ4n) is 4.50. The highest BCUT2D eigenvalue weighted by Gasteiger charge is 2.35. The second-order valence-electron chi connectivity index (χ2n) is 6.98. The van der Waals surface area contributed by atoms with Gasteiger partial charge in [-0.25, -0.2) is 4.79 Å². The van der Waals surface area contributed by atoms with Gasteiger partial charge >= 0.3 is 5.97 Å². The van der Waals surface area contributed by atoms with Crippen molar-refractivity contribution in [1.29, 1.82) is 0 Å². The molecule has 0 bridgehead atoms. The van der Waals surface area contributed by atoms with Crippen molar-refractivity contribution in [2.45, 2.75) is 25.2 Å². The largest absolute Gasteiger partial charge is 0.478 e. The predicted molar refractivity (Wildman–Crippen MR) is 106 cm³/mol. The topological polar surface area (TPSA) is 37.3 Å². The fraction of sp³-hybridized carbons (Fsp3) is 0.190. The summed E-state index contributed by atoms with van der Waals surface area (Å²) < 4.78 is 1.80. The molecule has 1 unspecified atom stereocenters. The first-order valence-electron chi connectivity index (χ1n) is 8.28. The lowest BCUT2D eigenvalue weighted by Gasteiger charge is -2.25. The summed E-state index contributed by atoms with van der Waals surface area (Å²) in [6, 6.07) is 10.4. The number of aromatic carboxylic acids is 1. The summed E-state index contributed by atoms with van der Waals surface area (Å²) in [7, 11) is 0. The highest BCUT2D eigenvalue weighted by atomic mass is 79.9. The molecule has 0 saturated carbocycles. The molecule has 2 aromatic rings. The maximum absolute atomic E-state index is 11.4. The van der Waals surface area contributed by atoms with Crippen molar-refractivity contribution >= 4 is 49.5 Å². The van der Waals surface area contributed by atoms with E-state index in [1.54, 1.807) is 0 Å². The normalized spacial score (nSPS) is 19.9. The Bertz CT molecular complexity index is 1030. The van der Waals surface area contributed by atoms with Gasteiger partial charge in [-0.3, -0.25) is 0 Å². The molecule has 0 heterocycles. The molecule has 3 aliphatic rings. The third kappa shape index (κ3) is 2.31. The Hall–Kier alpha value is -1.65. The minimum atomic E-state index is -0.877. The van der Waals surface area contributed by atoms with Crippen LogP contribution in [0.3, 0.4) is 0 Å². The Balaban J connectivity index is 1.57. The van der Waals surface area contributed by atoms with Gasteiger partial charge in [-0.2, -0.15) is 0 Å². The lowest BCUT2D eigenvalue weighted by atomic mass is 9.79. The van der Waals surface area contributed by atoms with Gasteiger partial charge in [0, 0.05) is 14.9 Å². The maximum Gasteiger partial charge on any atom is 0.336 e. The molecular weight excluding hydrogens is 444 g/mol. The number of carboxylic acid groups (broad SMARTS) is 1. The molecule has 0 spiro atoms. The average molecular weight is 458 g/mol. The summed E-state index contributed by atoms with van der Waals surface area (Å²) in [6.07, 6.45) is 5.23. The molecule has 0 radical (unpaired) electrons. The van der Waals surface area contributed by atoms with Gasteiger partial charge in [-0.05, 0) is 87.3 Å². The van der Waals surface area contributed by atoms with Crippen LogP contribution in [-0.2, 0) is 6.42 Å². The van der Waals surface area contributed by atoms with Crippen LogP contribution in [0.25, 0.3) is 11.6 Å². The molecule has 124 valence electrons. The molecule has 1 atom stereocenters. The van der Waals surface area contributed by atoms with Crippen LogP contribution in [0.4, 0.5) is 0 Å². The van der Waals surface area contributed by atoms with E-state index < -0.39 is 5.97 Å². The van der Waals surface area contributed by atoms with Crippen LogP contribution in [0.1, 0.15) is 51.4 Å². The third-order valence-electron chi connectivity index (χ3n) is 5.62. The summed E-state index contributed by atoms with van der Waals surface area (Å²) >= 11 is 7.03. The lowest BCUT2D eigenvalue weighted by Crippen LogP contribution is -2.07. The minimum absolute atomic E-state index is 0.354. The van der Waals surface area contributed by atoms with E-state index in [2.05, 4.69) is 56.1 Å². The molecule has 1 N–H and O–H groups in total. The van der Waals surface area contributed by atoms with Crippen LogP contribution in [0.15, 0.2) is 50.4 Å². The minimum Gasteiger partial charge on any atom is -0.478 e. The molecule has 0 aliphatic heterocycles. The number of rotatable bonds is 1. The number of halogens is 2. The summed E-state index contributed by atoms with van der Waals surface area (Å²) in [5.74, 6) is -0.402. The van der Waals surface area contributed by atoms with E-state index in [1.165, 1.54) is 33.4 Å². The Morgan fingerprint density at radius 1 is 1.12 bits per heavy atom. The Kier molecular flexibility index (Phi) is 3.38. The lowest BCUT2D eigenvalue weighted by molar-refractivity contribution is 0.0696. The van der Waals surface area contributed by atoms with Gasteiger partial charge in [0.1, 0.15) is 0 Å². The molecule has 2 aromatic carbocycles. The van der Waals surface area contributed by atoms with E-state index in [0.29, 0.717) is 16.0 Å². The molecular formula is C21H14Br2O2. The number of benzene rings is 2. The van der Waals surface area contributed by atoms with Gasteiger partial charge in [-0.15, -0.1) is 0 Å². The molecule has 0 aromatic heterocycles. The van der Waals surface area contributed by atoms with Crippen molar-refractivity contribution in [3.63, 3.8) is 0 Å². The second-order valence-corrected chi connectivity index (χ2v) is 8.75. The van der Waals surface area contributed by atoms with Gasteiger partial charge in [-0.1, -0.05) is 39.2 Å². The quantitative estimate of drug-likeness (QED) is 0.553. The third-order valence-corrected chi connectivity index (χ3v) is 6.77. The molecule has 3 aliphatic carbocycles. The number of allylic oxidation sites excluding steroid dienone is 3. The first-order valence-corrected chi connectivity index (χ1v) is 9.87. The van der Waals surface area contributed by atoms with Crippen molar-refractivity contribution in [3.8, 4) is 0 Å². The summed E-state index contributed by atoms with van der Waals surface area (Å²) in [5, 5.41) is 9.36. The first-order chi connectivity index (χ1) is 12.0. The molecule has 0 saturated heterocycles. The van der Waals surface area contributed by atoms with Crippen molar-refractivity contribution in [1.82, 2.24) is 0 Å². The first kappa shape index (κ1) is 15.6.